The Morgan fingerprint density at radius 2 is 1.00 bits per heavy atom. The molecule has 0 N–H and O–H groups in total. The molecule has 0 unspecified atom stereocenters. The van der Waals surface area contributed by atoms with E-state index in [2.05, 4.69) is 0 Å². The van der Waals surface area contributed by atoms with Gasteiger partial charge in [0.15, 0.2) is 0 Å². The largest absolute Gasteiger partial charge is 1.00 e. The second kappa shape index (κ2) is 102. The predicted octanol–water partition coefficient (Wildman–Crippen LogP) is -8.44. The maximum Gasteiger partial charge on any atom is 1.00 e. The van der Waals surface area contributed by atoms with Crippen molar-refractivity contribution in [3.63, 3.8) is 0 Å². The van der Waals surface area contributed by atoms with Crippen LogP contribution in [0, 0.1) is 19.3 Å². The van der Waals surface area contributed by atoms with E-state index in [9.17, 15) is 0 Å². The molecule has 0 spiro atoms. The molecule has 0 rings (SSSR count). The normalized spacial score (nSPS) is 0.286. The van der Waals surface area contributed by atoms with E-state index >= 15 is 0 Å². The second-order valence-corrected chi connectivity index (χ2v) is 0. The molecular weight excluding hydrogens is 242 g/mol. The summed E-state index contributed by atoms with van der Waals surface area (Å²) in [5.74, 6) is 0. The Kier molecular flexibility index (Phi) is 952. The molecule has 0 atom stereocenters. The van der Waals surface area contributed by atoms with Crippen LogP contribution in [0.5, 0.6) is 0 Å². The minimum absolute atomic E-state index is 0. The van der Waals surface area contributed by atoms with Gasteiger partial charge in [0.2, 0.25) is 0 Å². The third-order valence-corrected chi connectivity index (χ3v) is 0. The zero-order chi connectivity index (χ0) is 2.00. The average molecular weight is 245 g/mol. The summed E-state index contributed by atoms with van der Waals surface area (Å²) in [7, 11) is 0. The van der Waals surface area contributed by atoms with Crippen molar-refractivity contribution in [2.45, 2.75) is 0 Å². The van der Waals surface area contributed by atoms with Crippen molar-refractivity contribution in [3.8, 4) is 0 Å². The quantitative estimate of drug-likeness (QED) is 0.236. The van der Waals surface area contributed by atoms with Crippen molar-refractivity contribution in [2.24, 2.45) is 0 Å². The van der Waals surface area contributed by atoms with E-state index in [0.29, 0.717) is 0 Å². The van der Waals surface area contributed by atoms with Gasteiger partial charge in [0.25, 0.3) is 0 Å². The first kappa shape index (κ1) is 65.3. The molecule has 0 bridgehead atoms. The fourth-order valence-corrected chi connectivity index (χ4v) is 0. The van der Waals surface area contributed by atoms with E-state index in [1.807, 2.05) is 0 Å². The van der Waals surface area contributed by atoms with E-state index < -0.39 is 0 Å². The number of hydrogen-bond donors (Lipinski definition) is 0. The Morgan fingerprint density at radius 3 is 1.00 bits per heavy atom. The van der Waals surface area contributed by atoms with Crippen molar-refractivity contribution in [1.82, 2.24) is 0 Å². The zero-order valence-electron chi connectivity index (χ0n) is 4.63. The first-order valence-electron chi connectivity index (χ1n) is 0.224. The van der Waals surface area contributed by atoms with Crippen LogP contribution < -0.4 is 61.7 Å². The van der Waals surface area contributed by atoms with Crippen LogP contribution in [-0.2, 0) is 17.1 Å². The van der Waals surface area contributed by atoms with Crippen LogP contribution in [-0.4, -0.2) is 0 Å². The van der Waals surface area contributed by atoms with Gasteiger partial charge in [-0.3, -0.25) is 0 Å². The van der Waals surface area contributed by atoms with Crippen LogP contribution in [0.15, 0.2) is 0 Å². The van der Waals surface area contributed by atoms with Gasteiger partial charge in [0, 0.05) is 0 Å². The summed E-state index contributed by atoms with van der Waals surface area (Å²) in [5.41, 5.74) is 0. The van der Waals surface area contributed by atoms with Crippen LogP contribution in [0.2, 0.25) is 0 Å². The molecule has 0 aromatic heterocycles. The minimum Gasteiger partial charge on any atom is -1.00 e. The molecule has 7 heavy (non-hydrogen) atoms. The van der Waals surface area contributed by atoms with Gasteiger partial charge in [-0.2, -0.15) is 0 Å². The van der Waals surface area contributed by atoms with Crippen LogP contribution in [0.25, 0.3) is 0 Å². The molecule has 0 aliphatic carbocycles. The van der Waals surface area contributed by atoms with E-state index in [1.165, 1.54) is 0 Å². The van der Waals surface area contributed by atoms with E-state index in [4.69, 9.17) is 11.8 Å². The fraction of sp³-hybridized carbons (Fsp3) is 0. The Hall–Kier alpha value is 1.93. The molecule has 0 fully saturated rings. The monoisotopic (exact) mass is 245 g/mol. The van der Waals surface area contributed by atoms with Crippen molar-refractivity contribution >= 4 is 0 Å². The fourth-order valence-electron chi connectivity index (χ4n) is 0. The molecular formula is C2H3CuILi2N. The summed E-state index contributed by atoms with van der Waals surface area (Å²) in [6.07, 6.45) is 0. The minimum atomic E-state index is 0. The molecule has 0 aliphatic rings. The molecule has 36 valence electrons. The molecule has 0 heterocycles. The number of halogens is 1. The summed E-state index contributed by atoms with van der Waals surface area (Å²) in [6, 6.07) is 0. The Balaban J connectivity index is -0.000000000500. The number of nitrogens with zero attached hydrogens (tertiary/aromatic N) is 1. The van der Waals surface area contributed by atoms with Gasteiger partial charge >= 0.3 is 54.8 Å². The van der Waals surface area contributed by atoms with E-state index in [1.54, 1.807) is 0 Å². The van der Waals surface area contributed by atoms with Gasteiger partial charge in [0.1, 0.15) is 0 Å². The zero-order valence-corrected chi connectivity index (χ0v) is 7.73. The van der Waals surface area contributed by atoms with Gasteiger partial charge in [-0.25, -0.2) is 0 Å². The Bertz CT molecular complexity index is 20.4. The number of rotatable bonds is 0. The van der Waals surface area contributed by atoms with Crippen molar-refractivity contribution in [2.75, 3.05) is 0 Å². The van der Waals surface area contributed by atoms with E-state index in [-0.39, 0.29) is 86.2 Å². The van der Waals surface area contributed by atoms with Gasteiger partial charge in [-0.15, -0.1) is 0 Å². The summed E-state index contributed by atoms with van der Waals surface area (Å²) in [5, 5.41) is 6.25. The van der Waals surface area contributed by atoms with Crippen molar-refractivity contribution < 1.29 is 78.8 Å². The van der Waals surface area contributed by atoms with Crippen LogP contribution >= 0.6 is 0 Å². The summed E-state index contributed by atoms with van der Waals surface area (Å²) in [4.78, 5) is 0. The molecule has 1 nitrogen and oxygen atoms in total. The topological polar surface area (TPSA) is 23.8 Å². The predicted molar refractivity (Wildman–Crippen MR) is 11.4 cm³/mol. The van der Waals surface area contributed by atoms with Gasteiger partial charge in [0.05, 0.1) is 0 Å². The van der Waals surface area contributed by atoms with Gasteiger partial charge < -0.3 is 43.2 Å². The molecule has 5 heteroatoms. The second-order valence-electron chi connectivity index (χ2n) is 0. The van der Waals surface area contributed by atoms with Crippen LogP contribution in [0.4, 0.5) is 0 Å². The van der Waals surface area contributed by atoms with Crippen LogP contribution in [0.1, 0.15) is 0 Å². The maximum atomic E-state index is 6.25. The van der Waals surface area contributed by atoms with Gasteiger partial charge in [-0.1, -0.05) is 0 Å². The first-order chi connectivity index (χ1) is 1.00. The third kappa shape index (κ3) is 74.7. The summed E-state index contributed by atoms with van der Waals surface area (Å²) < 4.78 is 0. The van der Waals surface area contributed by atoms with Crippen LogP contribution in [0.3, 0.4) is 0 Å². The maximum absolute atomic E-state index is 6.25. The summed E-state index contributed by atoms with van der Waals surface area (Å²) in [6.45, 7) is 4.75. The molecule has 0 saturated heterocycles. The smallest absolute Gasteiger partial charge is 1.00 e. The number of hydrogen-bond acceptors (Lipinski definition) is 1. The standard InChI is InChI=1S/CN.CH3.Cu.HI.2Li/c1-2;;;;;/h;1H3;;1H;;/q2*-1;+1;;2*+1/p-1. The van der Waals surface area contributed by atoms with E-state index in [0.717, 1.165) is 0 Å². The average Bonchev–Trinajstić information content (AvgIpc) is 1.00. The Morgan fingerprint density at radius 1 is 1.00 bits per heavy atom. The molecule has 0 aliphatic heterocycles. The third-order valence-electron chi connectivity index (χ3n) is 0. The molecule has 0 amide bonds. The molecule has 0 aromatic rings. The first-order valence-corrected chi connectivity index (χ1v) is 0.224. The van der Waals surface area contributed by atoms with Crippen molar-refractivity contribution in [1.29, 1.82) is 5.26 Å². The Labute approximate surface area is 96.8 Å². The van der Waals surface area contributed by atoms with Gasteiger partial charge in [-0.05, 0) is 0 Å². The molecule has 0 aromatic carbocycles. The summed E-state index contributed by atoms with van der Waals surface area (Å²) >= 11 is 0. The molecule has 0 saturated carbocycles. The molecule has 0 radical (unpaired) electrons. The SMILES string of the molecule is [C-]#N.[CH3-].[Cu+].[I-].[Li+].[Li+]. The van der Waals surface area contributed by atoms with Crippen molar-refractivity contribution in [3.05, 3.63) is 14.0 Å².